The standard InChI is InChI=1S/C24H38O2/c1-4-16-26-23-12-8-10-21-20(9-7-11-22(21)23)13-17-25-18-24(19(2)3)14-5-6-15-24/h7,9,11,19,23H,4-6,8,10,12-18H2,1-3H3. The van der Waals surface area contributed by atoms with Crippen LogP contribution in [0.4, 0.5) is 0 Å². The Labute approximate surface area is 160 Å². The Balaban J connectivity index is 1.57. The van der Waals surface area contributed by atoms with Crippen molar-refractivity contribution >= 4 is 0 Å². The molecular weight excluding hydrogens is 320 g/mol. The first kappa shape index (κ1) is 19.9. The van der Waals surface area contributed by atoms with Crippen LogP contribution in [0.25, 0.3) is 0 Å². The van der Waals surface area contributed by atoms with E-state index < -0.39 is 0 Å². The van der Waals surface area contributed by atoms with Gasteiger partial charge in [0.1, 0.15) is 0 Å². The van der Waals surface area contributed by atoms with E-state index in [0.29, 0.717) is 11.5 Å². The Morgan fingerprint density at radius 3 is 2.65 bits per heavy atom. The highest BCUT2D eigenvalue weighted by molar-refractivity contribution is 5.38. The highest BCUT2D eigenvalue weighted by Gasteiger charge is 2.36. The summed E-state index contributed by atoms with van der Waals surface area (Å²) in [5.41, 5.74) is 4.91. The van der Waals surface area contributed by atoms with Crippen molar-refractivity contribution in [1.29, 1.82) is 0 Å². The van der Waals surface area contributed by atoms with Crippen LogP contribution in [0.15, 0.2) is 18.2 Å². The van der Waals surface area contributed by atoms with Crippen molar-refractivity contribution < 1.29 is 9.47 Å². The molecule has 3 rings (SSSR count). The maximum absolute atomic E-state index is 6.24. The summed E-state index contributed by atoms with van der Waals surface area (Å²) in [6, 6.07) is 6.80. The largest absolute Gasteiger partial charge is 0.381 e. The molecule has 2 aliphatic carbocycles. The monoisotopic (exact) mass is 358 g/mol. The molecule has 1 atom stereocenters. The van der Waals surface area contributed by atoms with Gasteiger partial charge in [-0.3, -0.25) is 0 Å². The number of hydrogen-bond donors (Lipinski definition) is 0. The molecule has 2 nitrogen and oxygen atoms in total. The molecule has 1 fully saturated rings. The van der Waals surface area contributed by atoms with Gasteiger partial charge in [-0.2, -0.15) is 0 Å². The minimum Gasteiger partial charge on any atom is -0.381 e. The average Bonchev–Trinajstić information content (AvgIpc) is 3.14. The number of rotatable bonds is 9. The molecule has 2 heteroatoms. The number of ether oxygens (including phenoxy) is 2. The SMILES string of the molecule is CCCOC1CCCc2c(CCOCC3(C(C)C)CCCC3)cccc21. The second-order valence-corrected chi connectivity index (χ2v) is 8.76. The zero-order valence-corrected chi connectivity index (χ0v) is 17.2. The van der Waals surface area contributed by atoms with Gasteiger partial charge < -0.3 is 9.47 Å². The molecule has 26 heavy (non-hydrogen) atoms. The Hall–Kier alpha value is -0.860. The van der Waals surface area contributed by atoms with E-state index in [4.69, 9.17) is 9.47 Å². The summed E-state index contributed by atoms with van der Waals surface area (Å²) in [6.07, 6.45) is 11.5. The van der Waals surface area contributed by atoms with Crippen molar-refractivity contribution in [2.75, 3.05) is 19.8 Å². The van der Waals surface area contributed by atoms with E-state index in [1.54, 1.807) is 5.56 Å². The highest BCUT2D eigenvalue weighted by atomic mass is 16.5. The van der Waals surface area contributed by atoms with E-state index in [2.05, 4.69) is 39.0 Å². The molecule has 146 valence electrons. The zero-order chi connectivity index (χ0) is 18.4. The Kier molecular flexibility index (Phi) is 7.17. The molecule has 0 aliphatic heterocycles. The summed E-state index contributed by atoms with van der Waals surface area (Å²) in [5, 5.41) is 0. The van der Waals surface area contributed by atoms with Crippen LogP contribution < -0.4 is 0 Å². The third kappa shape index (κ3) is 4.51. The fourth-order valence-electron chi connectivity index (χ4n) is 4.97. The quantitative estimate of drug-likeness (QED) is 0.485. The van der Waals surface area contributed by atoms with E-state index >= 15 is 0 Å². The summed E-state index contributed by atoms with van der Waals surface area (Å²) in [4.78, 5) is 0. The van der Waals surface area contributed by atoms with Gasteiger partial charge in [0.05, 0.1) is 19.3 Å². The Morgan fingerprint density at radius 2 is 1.92 bits per heavy atom. The molecule has 0 N–H and O–H groups in total. The summed E-state index contributed by atoms with van der Waals surface area (Å²) >= 11 is 0. The van der Waals surface area contributed by atoms with Crippen LogP contribution in [0.2, 0.25) is 0 Å². The van der Waals surface area contributed by atoms with Gasteiger partial charge in [0, 0.05) is 6.61 Å². The molecule has 0 amide bonds. The minimum absolute atomic E-state index is 0.308. The van der Waals surface area contributed by atoms with E-state index in [-0.39, 0.29) is 0 Å². The van der Waals surface area contributed by atoms with Crippen molar-refractivity contribution in [1.82, 2.24) is 0 Å². The summed E-state index contributed by atoms with van der Waals surface area (Å²) in [5.74, 6) is 0.728. The lowest BCUT2D eigenvalue weighted by molar-refractivity contribution is 0.0198. The fraction of sp³-hybridized carbons (Fsp3) is 0.750. The molecule has 0 spiro atoms. The molecule has 0 heterocycles. The minimum atomic E-state index is 0.308. The maximum atomic E-state index is 6.24. The van der Waals surface area contributed by atoms with Gasteiger partial charge in [-0.15, -0.1) is 0 Å². The highest BCUT2D eigenvalue weighted by Crippen LogP contribution is 2.44. The molecule has 0 aromatic heterocycles. The summed E-state index contributed by atoms with van der Waals surface area (Å²) in [6.45, 7) is 9.60. The third-order valence-corrected chi connectivity index (χ3v) is 6.80. The molecule has 0 radical (unpaired) electrons. The second-order valence-electron chi connectivity index (χ2n) is 8.76. The first-order chi connectivity index (χ1) is 12.7. The molecule has 1 saturated carbocycles. The van der Waals surface area contributed by atoms with Crippen molar-refractivity contribution in [3.05, 3.63) is 34.9 Å². The van der Waals surface area contributed by atoms with Gasteiger partial charge >= 0.3 is 0 Å². The number of hydrogen-bond acceptors (Lipinski definition) is 2. The van der Waals surface area contributed by atoms with Gasteiger partial charge in [0.15, 0.2) is 0 Å². The van der Waals surface area contributed by atoms with Crippen LogP contribution in [0.1, 0.15) is 88.5 Å². The van der Waals surface area contributed by atoms with Gasteiger partial charge in [-0.05, 0) is 73.0 Å². The fourth-order valence-corrected chi connectivity index (χ4v) is 4.97. The van der Waals surface area contributed by atoms with Gasteiger partial charge in [-0.1, -0.05) is 51.8 Å². The van der Waals surface area contributed by atoms with Crippen LogP contribution in [0.3, 0.4) is 0 Å². The Morgan fingerprint density at radius 1 is 1.12 bits per heavy atom. The van der Waals surface area contributed by atoms with Crippen molar-refractivity contribution in [2.45, 2.75) is 84.7 Å². The molecule has 2 aliphatic rings. The van der Waals surface area contributed by atoms with E-state index in [9.17, 15) is 0 Å². The molecule has 1 aromatic carbocycles. The van der Waals surface area contributed by atoms with Crippen LogP contribution >= 0.6 is 0 Å². The maximum Gasteiger partial charge on any atom is 0.0827 e. The van der Waals surface area contributed by atoms with Crippen LogP contribution in [0, 0.1) is 11.3 Å². The molecular formula is C24H38O2. The first-order valence-corrected chi connectivity index (χ1v) is 11.0. The topological polar surface area (TPSA) is 18.5 Å². The summed E-state index contributed by atoms with van der Waals surface area (Å²) < 4.78 is 12.4. The van der Waals surface area contributed by atoms with Gasteiger partial charge in [-0.25, -0.2) is 0 Å². The predicted octanol–water partition coefficient (Wildman–Crippen LogP) is 6.27. The molecule has 1 aromatic rings. The van der Waals surface area contributed by atoms with Crippen molar-refractivity contribution in [2.24, 2.45) is 11.3 Å². The first-order valence-electron chi connectivity index (χ1n) is 11.0. The van der Waals surface area contributed by atoms with Crippen molar-refractivity contribution in [3.63, 3.8) is 0 Å². The van der Waals surface area contributed by atoms with E-state index in [1.807, 2.05) is 0 Å². The second kappa shape index (κ2) is 9.37. The lowest BCUT2D eigenvalue weighted by Crippen LogP contribution is -2.30. The third-order valence-electron chi connectivity index (χ3n) is 6.80. The van der Waals surface area contributed by atoms with E-state index in [1.165, 1.54) is 56.1 Å². The molecule has 0 saturated heterocycles. The predicted molar refractivity (Wildman–Crippen MR) is 109 cm³/mol. The van der Waals surface area contributed by atoms with Crippen molar-refractivity contribution in [3.8, 4) is 0 Å². The number of benzene rings is 1. The number of fused-ring (bicyclic) bond motifs is 1. The molecule has 0 bridgehead atoms. The Bertz CT molecular complexity index is 557. The van der Waals surface area contributed by atoms with E-state index in [0.717, 1.165) is 38.6 Å². The zero-order valence-electron chi connectivity index (χ0n) is 17.2. The van der Waals surface area contributed by atoms with Crippen LogP contribution in [-0.4, -0.2) is 19.8 Å². The van der Waals surface area contributed by atoms with Crippen LogP contribution in [-0.2, 0) is 22.3 Å². The molecule has 1 unspecified atom stereocenters. The normalized spacial score (nSPS) is 21.9. The van der Waals surface area contributed by atoms with Gasteiger partial charge in [0.25, 0.3) is 0 Å². The van der Waals surface area contributed by atoms with Crippen LogP contribution in [0.5, 0.6) is 0 Å². The summed E-state index contributed by atoms with van der Waals surface area (Å²) in [7, 11) is 0. The lowest BCUT2D eigenvalue weighted by Gasteiger charge is -2.33. The average molecular weight is 359 g/mol. The smallest absolute Gasteiger partial charge is 0.0827 e. The van der Waals surface area contributed by atoms with Gasteiger partial charge in [0.2, 0.25) is 0 Å². The lowest BCUT2D eigenvalue weighted by atomic mass is 9.76.